The highest BCUT2D eigenvalue weighted by Crippen LogP contribution is 2.08. The first-order chi connectivity index (χ1) is 5.72. The molecule has 0 spiro atoms. The number of halogens is 1. The van der Waals surface area contributed by atoms with Gasteiger partial charge in [0.15, 0.2) is 0 Å². The van der Waals surface area contributed by atoms with Crippen LogP contribution in [0.25, 0.3) is 0 Å². The fraction of sp³-hybridized carbons (Fsp3) is 0.300. The van der Waals surface area contributed by atoms with Gasteiger partial charge in [0.2, 0.25) is 0 Å². The maximum atomic E-state index is 7.51. The van der Waals surface area contributed by atoms with Crippen LogP contribution >= 0.6 is 35.7 Å². The second-order valence-corrected chi connectivity index (χ2v) is 3.69. The highest BCUT2D eigenvalue weighted by atomic mass is 127. The van der Waals surface area contributed by atoms with Gasteiger partial charge in [0.1, 0.15) is 0 Å². The number of thioether (sulfide) groups is 1. The van der Waals surface area contributed by atoms with Gasteiger partial charge in [0.25, 0.3) is 0 Å². The molecular formula is C10H14INS. The van der Waals surface area contributed by atoms with Gasteiger partial charge >= 0.3 is 0 Å². The molecule has 0 unspecified atom stereocenters. The van der Waals surface area contributed by atoms with Gasteiger partial charge in [-0.1, -0.05) is 29.8 Å². The summed E-state index contributed by atoms with van der Waals surface area (Å²) in [4.78, 5) is 0. The second kappa shape index (κ2) is 6.43. The molecule has 72 valence electrons. The van der Waals surface area contributed by atoms with Crippen LogP contribution in [-0.4, -0.2) is 11.3 Å². The molecule has 1 N–H and O–H groups in total. The summed E-state index contributed by atoms with van der Waals surface area (Å²) in [6.45, 7) is 2.08. The SMILES string of the molecule is CSC(=N)Cc1cccc(C)c1.I. The van der Waals surface area contributed by atoms with E-state index in [0.717, 1.165) is 11.5 Å². The predicted octanol–water partition coefficient (Wildman–Crippen LogP) is 3.50. The van der Waals surface area contributed by atoms with Gasteiger partial charge in [-0.05, 0) is 18.7 Å². The van der Waals surface area contributed by atoms with Crippen molar-refractivity contribution in [3.05, 3.63) is 35.4 Å². The van der Waals surface area contributed by atoms with Crippen LogP contribution in [-0.2, 0) is 6.42 Å². The molecule has 0 aliphatic heterocycles. The number of hydrogen-bond acceptors (Lipinski definition) is 2. The molecule has 13 heavy (non-hydrogen) atoms. The Balaban J connectivity index is 0.00000144. The molecule has 0 bridgehead atoms. The van der Waals surface area contributed by atoms with E-state index in [9.17, 15) is 0 Å². The minimum Gasteiger partial charge on any atom is -0.298 e. The molecule has 1 aromatic carbocycles. The second-order valence-electron chi connectivity index (χ2n) is 2.79. The molecule has 3 heteroatoms. The topological polar surface area (TPSA) is 23.9 Å². The van der Waals surface area contributed by atoms with Crippen LogP contribution in [0.2, 0.25) is 0 Å². The number of benzene rings is 1. The van der Waals surface area contributed by atoms with E-state index >= 15 is 0 Å². The lowest BCUT2D eigenvalue weighted by atomic mass is 10.1. The molecule has 0 aliphatic rings. The molecule has 1 nitrogen and oxygen atoms in total. The first-order valence-corrected chi connectivity index (χ1v) is 5.12. The Morgan fingerprint density at radius 3 is 2.69 bits per heavy atom. The average molecular weight is 307 g/mol. The molecule has 0 atom stereocenters. The van der Waals surface area contributed by atoms with Crippen molar-refractivity contribution in [3.63, 3.8) is 0 Å². The van der Waals surface area contributed by atoms with Crippen molar-refractivity contribution in [2.45, 2.75) is 13.3 Å². The van der Waals surface area contributed by atoms with Crippen molar-refractivity contribution in [1.82, 2.24) is 0 Å². The summed E-state index contributed by atoms with van der Waals surface area (Å²) in [5, 5.41) is 8.23. The summed E-state index contributed by atoms with van der Waals surface area (Å²) >= 11 is 1.51. The minimum absolute atomic E-state index is 0. The zero-order valence-corrected chi connectivity index (χ0v) is 11.0. The predicted molar refractivity (Wildman–Crippen MR) is 71.5 cm³/mol. The zero-order valence-electron chi connectivity index (χ0n) is 7.83. The van der Waals surface area contributed by atoms with Crippen LogP contribution in [0.15, 0.2) is 24.3 Å². The van der Waals surface area contributed by atoms with Crippen LogP contribution in [0.4, 0.5) is 0 Å². The molecule has 0 saturated carbocycles. The standard InChI is InChI=1S/C10H13NS.HI/c1-8-4-3-5-9(6-8)7-10(11)12-2;/h3-6,11H,7H2,1-2H3;1H. The van der Waals surface area contributed by atoms with Crippen molar-refractivity contribution in [1.29, 1.82) is 5.41 Å². The first kappa shape index (κ1) is 13.0. The average Bonchev–Trinajstić information content (AvgIpc) is 2.04. The summed E-state index contributed by atoms with van der Waals surface area (Å²) < 4.78 is 0. The van der Waals surface area contributed by atoms with E-state index in [1.54, 1.807) is 0 Å². The van der Waals surface area contributed by atoms with Gasteiger partial charge in [0.05, 0.1) is 5.04 Å². The first-order valence-electron chi connectivity index (χ1n) is 3.89. The van der Waals surface area contributed by atoms with Crippen molar-refractivity contribution >= 4 is 40.8 Å². The maximum absolute atomic E-state index is 7.51. The molecular weight excluding hydrogens is 293 g/mol. The van der Waals surface area contributed by atoms with Gasteiger partial charge < -0.3 is 0 Å². The molecule has 1 rings (SSSR count). The summed E-state index contributed by atoms with van der Waals surface area (Å²) in [6, 6.07) is 8.31. The van der Waals surface area contributed by atoms with E-state index in [-0.39, 0.29) is 24.0 Å². The third-order valence-corrected chi connectivity index (χ3v) is 2.33. The number of nitrogens with one attached hydrogen (secondary N) is 1. The van der Waals surface area contributed by atoms with Crippen LogP contribution in [0.1, 0.15) is 11.1 Å². The van der Waals surface area contributed by atoms with Gasteiger partial charge in [-0.25, -0.2) is 0 Å². The van der Waals surface area contributed by atoms with Gasteiger partial charge in [-0.15, -0.1) is 35.7 Å². The highest BCUT2D eigenvalue weighted by molar-refractivity contribution is 14.0. The normalized spacial score (nSPS) is 9.08. The van der Waals surface area contributed by atoms with Gasteiger partial charge in [-0.2, -0.15) is 0 Å². The molecule has 0 aromatic heterocycles. The molecule has 0 radical (unpaired) electrons. The van der Waals surface area contributed by atoms with Crippen LogP contribution in [0, 0.1) is 12.3 Å². The van der Waals surface area contributed by atoms with Crippen molar-refractivity contribution in [2.24, 2.45) is 0 Å². The minimum atomic E-state index is 0. The molecule has 0 amide bonds. The zero-order chi connectivity index (χ0) is 8.97. The summed E-state index contributed by atoms with van der Waals surface area (Å²) in [5.41, 5.74) is 2.50. The Morgan fingerprint density at radius 2 is 2.15 bits per heavy atom. The third kappa shape index (κ3) is 4.67. The summed E-state index contributed by atoms with van der Waals surface area (Å²) in [5.74, 6) is 0. The van der Waals surface area contributed by atoms with E-state index in [1.807, 2.05) is 12.3 Å². The quantitative estimate of drug-likeness (QED) is 0.505. The largest absolute Gasteiger partial charge is 0.298 e. The Labute approximate surface area is 101 Å². The van der Waals surface area contributed by atoms with Crippen molar-refractivity contribution in [2.75, 3.05) is 6.26 Å². The smallest absolute Gasteiger partial charge is 0.0682 e. The summed E-state index contributed by atoms with van der Waals surface area (Å²) in [7, 11) is 0. The Kier molecular flexibility index (Phi) is 6.41. The molecule has 0 fully saturated rings. The fourth-order valence-corrected chi connectivity index (χ4v) is 1.39. The highest BCUT2D eigenvalue weighted by Gasteiger charge is 1.96. The fourth-order valence-electron chi connectivity index (χ4n) is 1.08. The van der Waals surface area contributed by atoms with Crippen LogP contribution in [0.3, 0.4) is 0 Å². The van der Waals surface area contributed by atoms with Crippen molar-refractivity contribution < 1.29 is 0 Å². The lowest BCUT2D eigenvalue weighted by molar-refractivity contribution is 1.29. The van der Waals surface area contributed by atoms with E-state index < -0.39 is 0 Å². The maximum Gasteiger partial charge on any atom is 0.0682 e. The number of rotatable bonds is 2. The third-order valence-electron chi connectivity index (χ3n) is 1.69. The monoisotopic (exact) mass is 307 g/mol. The molecule has 0 aliphatic carbocycles. The Hall–Kier alpha value is -0.0300. The molecule has 0 heterocycles. The lowest BCUT2D eigenvalue weighted by Gasteiger charge is -2.01. The van der Waals surface area contributed by atoms with E-state index in [1.165, 1.54) is 22.9 Å². The van der Waals surface area contributed by atoms with Crippen LogP contribution < -0.4 is 0 Å². The molecule has 1 aromatic rings. The number of aryl methyl sites for hydroxylation is 1. The van der Waals surface area contributed by atoms with E-state index in [0.29, 0.717) is 0 Å². The van der Waals surface area contributed by atoms with Crippen LogP contribution in [0.5, 0.6) is 0 Å². The van der Waals surface area contributed by atoms with Gasteiger partial charge in [-0.3, -0.25) is 5.41 Å². The van der Waals surface area contributed by atoms with E-state index in [2.05, 4.69) is 25.1 Å². The van der Waals surface area contributed by atoms with Gasteiger partial charge in [0, 0.05) is 6.42 Å². The number of hydrogen-bond donors (Lipinski definition) is 1. The van der Waals surface area contributed by atoms with E-state index in [4.69, 9.17) is 5.41 Å². The van der Waals surface area contributed by atoms with Crippen molar-refractivity contribution in [3.8, 4) is 0 Å². The lowest BCUT2D eigenvalue weighted by Crippen LogP contribution is -1.95. The molecule has 0 saturated heterocycles. The Bertz CT molecular complexity index is 286. The summed E-state index contributed by atoms with van der Waals surface area (Å²) in [6.07, 6.45) is 2.71. The Morgan fingerprint density at radius 1 is 1.46 bits per heavy atom.